The molecule has 4 nitrogen and oxygen atoms in total. The van der Waals surface area contributed by atoms with Crippen LogP contribution < -0.4 is 19.6 Å². The Morgan fingerprint density at radius 1 is 0.613 bits per heavy atom. The van der Waals surface area contributed by atoms with E-state index in [0.29, 0.717) is 11.8 Å². The van der Waals surface area contributed by atoms with E-state index in [9.17, 15) is 19.6 Å². The first-order valence-electron chi connectivity index (χ1n) is 10.2. The van der Waals surface area contributed by atoms with Gasteiger partial charge in [-0.3, -0.25) is 0 Å². The van der Waals surface area contributed by atoms with E-state index in [2.05, 4.69) is 38.3 Å². The van der Waals surface area contributed by atoms with Gasteiger partial charge >= 0.3 is 58.4 Å². The van der Waals surface area contributed by atoms with Crippen LogP contribution in [-0.2, 0) is 103 Å². The first-order valence-corrected chi connectivity index (χ1v) is 19.8. The molecule has 0 saturated heterocycles. The van der Waals surface area contributed by atoms with E-state index in [1.807, 2.05) is 27.7 Å². The fraction of sp³-hybridized carbons (Fsp3) is 1.00. The quantitative estimate of drug-likeness (QED) is 0.134. The fourth-order valence-corrected chi connectivity index (χ4v) is 13.6. The molecule has 0 aliphatic carbocycles. The molecule has 0 spiro atoms. The number of rotatable bonds is 12. The molecule has 0 saturated carbocycles. The van der Waals surface area contributed by atoms with Crippen LogP contribution in [0.25, 0.3) is 0 Å². The number of unbranched alkanes of at least 4 members (excludes halogenated alkanes) is 4. The Balaban J connectivity index is -0.000000133. The molecule has 0 bridgehead atoms. The van der Waals surface area contributed by atoms with Crippen LogP contribution in [0.2, 0.25) is 0 Å². The van der Waals surface area contributed by atoms with Crippen LogP contribution in [0.3, 0.4) is 0 Å². The molecule has 0 N–H and O–H groups in total. The Hall–Kier alpha value is 3.97. The minimum atomic E-state index is -3.51. The summed E-state index contributed by atoms with van der Waals surface area (Å²) in [5.74, 6) is 3.88. The van der Waals surface area contributed by atoms with E-state index in [-0.39, 0.29) is 58.4 Å². The van der Waals surface area contributed by atoms with Crippen LogP contribution in [0.5, 0.6) is 0 Å². The average molecular weight is 707 g/mol. The van der Waals surface area contributed by atoms with Crippen molar-refractivity contribution in [1.29, 1.82) is 0 Å². The topological polar surface area (TPSA) is 92.2 Å². The van der Waals surface area contributed by atoms with Gasteiger partial charge in [0.15, 0.2) is 0 Å². The second-order valence-electron chi connectivity index (χ2n) is 7.76. The third-order valence-corrected chi connectivity index (χ3v) is 18.1. The zero-order chi connectivity index (χ0) is 22.4. The normalized spacial score (nSPS) is 13.4. The van der Waals surface area contributed by atoms with Crippen LogP contribution >= 0.6 is 11.4 Å². The number of hydrogen-bond acceptors (Lipinski definition) is 6. The Bertz CT molecular complexity index is 465. The van der Waals surface area contributed by atoms with Gasteiger partial charge < -0.3 is 55.5 Å². The summed E-state index contributed by atoms with van der Waals surface area (Å²) < 4.78 is 0. The summed E-state index contributed by atoms with van der Waals surface area (Å²) in [6.07, 6.45) is 6.46. The minimum Gasteiger partial charge on any atom is -0.854 e. The molecule has 2 atom stereocenters. The zero-order valence-electron chi connectivity index (χ0n) is 20.5. The summed E-state index contributed by atoms with van der Waals surface area (Å²) in [6.45, 7) is 12.4. The van der Waals surface area contributed by atoms with Gasteiger partial charge in [-0.1, -0.05) is 67.2 Å². The Morgan fingerprint density at radius 2 is 0.871 bits per heavy atom. The Morgan fingerprint density at radius 3 is 1.03 bits per heavy atom. The van der Waals surface area contributed by atoms with E-state index in [4.69, 9.17) is 0 Å². The third-order valence-electron chi connectivity index (χ3n) is 3.65. The molecule has 0 radical (unpaired) electrons. The molecule has 0 amide bonds. The van der Waals surface area contributed by atoms with Gasteiger partial charge in [-0.25, -0.2) is 20.1 Å². The third kappa shape index (κ3) is 30.1. The van der Waals surface area contributed by atoms with Crippen LogP contribution in [-0.4, -0.2) is 23.0 Å². The first-order chi connectivity index (χ1) is 12.8. The monoisotopic (exact) mass is 702 g/mol. The van der Waals surface area contributed by atoms with Gasteiger partial charge in [-0.15, -0.1) is 0 Å². The SMILES string of the molecule is CCCCCS(CC(C)C)=P([O-])([O-])[S-].CCCCCS(CC(C)C)=P([O-])([O-])[S-].[Zn+2].[Zn+2].[Zn+2]. The van der Waals surface area contributed by atoms with Gasteiger partial charge in [-0.05, 0) is 47.7 Å². The van der Waals surface area contributed by atoms with Crippen LogP contribution in [0.1, 0.15) is 80.1 Å². The Kier molecular flexibility index (Phi) is 37.1. The molecule has 0 aromatic heterocycles. The summed E-state index contributed by atoms with van der Waals surface area (Å²) in [6, 6.07) is 0. The van der Waals surface area contributed by atoms with Crippen molar-refractivity contribution in [3.63, 3.8) is 0 Å². The maximum absolute atomic E-state index is 11.3. The van der Waals surface area contributed by atoms with Crippen molar-refractivity contribution in [3.8, 4) is 0 Å². The van der Waals surface area contributed by atoms with Gasteiger partial charge in [0.2, 0.25) is 0 Å². The molecule has 2 unspecified atom stereocenters. The molecule has 0 fully saturated rings. The fourth-order valence-electron chi connectivity index (χ4n) is 2.38. The van der Waals surface area contributed by atoms with Gasteiger partial charge in [-0.2, -0.15) is 0 Å². The van der Waals surface area contributed by atoms with Crippen molar-refractivity contribution in [2.24, 2.45) is 11.8 Å². The average Bonchev–Trinajstić information content (AvgIpc) is 2.51. The maximum Gasteiger partial charge on any atom is 2.00 e. The summed E-state index contributed by atoms with van der Waals surface area (Å²) >= 11 is 9.17. The second kappa shape index (κ2) is 25.6. The largest absolute Gasteiger partial charge is 2.00 e. The minimum absolute atomic E-state index is 0. The van der Waals surface area contributed by atoms with Gasteiger partial charge in [0, 0.05) is 0 Å². The van der Waals surface area contributed by atoms with Crippen molar-refractivity contribution in [3.05, 3.63) is 0 Å². The Labute approximate surface area is 246 Å². The van der Waals surface area contributed by atoms with Crippen molar-refractivity contribution in [2.45, 2.75) is 80.1 Å². The molecule has 13 heteroatoms. The predicted octanol–water partition coefficient (Wildman–Crippen LogP) is 2.78. The van der Waals surface area contributed by atoms with Crippen molar-refractivity contribution in [1.82, 2.24) is 0 Å². The molecule has 0 heterocycles. The molecule has 0 aliphatic rings. The molecule has 0 aromatic carbocycles. The summed E-state index contributed by atoms with van der Waals surface area (Å²) in [5, 5.41) is 0. The van der Waals surface area contributed by atoms with E-state index < -0.39 is 31.5 Å². The molecule has 0 aromatic rings. The van der Waals surface area contributed by atoms with E-state index in [1.54, 1.807) is 0 Å². The summed E-state index contributed by atoms with van der Waals surface area (Å²) in [7, 11) is -1.12. The van der Waals surface area contributed by atoms with Gasteiger partial charge in [0.25, 0.3) is 0 Å². The summed E-state index contributed by atoms with van der Waals surface area (Å²) in [4.78, 5) is 45.3. The van der Waals surface area contributed by atoms with Crippen molar-refractivity contribution in [2.75, 3.05) is 23.0 Å². The number of hydrogen-bond donors (Lipinski definition) is 0. The molecular weight excluding hydrogens is 667 g/mol. The smallest absolute Gasteiger partial charge is 0.854 e. The maximum atomic E-state index is 11.3. The molecule has 176 valence electrons. The van der Waals surface area contributed by atoms with Crippen LogP contribution in [0.4, 0.5) is 0 Å². The standard InChI is InChI=1S/2C9H20O2PS2.3Zn/c2*1-4-5-6-7-14(8-9(2)3)12(10,11)13;;;/h2*9H,4-8H2,1-3H3;;;/q2*-3;3*+2. The van der Waals surface area contributed by atoms with E-state index in [0.717, 1.165) is 61.5 Å². The van der Waals surface area contributed by atoms with Gasteiger partial charge in [0.1, 0.15) is 0 Å². The second-order valence-corrected chi connectivity index (χ2v) is 23.1. The van der Waals surface area contributed by atoms with Crippen molar-refractivity contribution >= 4 is 56.0 Å². The predicted molar refractivity (Wildman–Crippen MR) is 131 cm³/mol. The van der Waals surface area contributed by atoms with Crippen LogP contribution in [0, 0.1) is 11.8 Å². The molecule has 0 rings (SSSR count). The molecular formula is C18H40O4P2S4Zn3. The van der Waals surface area contributed by atoms with Gasteiger partial charge in [0.05, 0.1) is 0 Å². The van der Waals surface area contributed by atoms with Crippen molar-refractivity contribution < 1.29 is 78.0 Å². The van der Waals surface area contributed by atoms with E-state index >= 15 is 0 Å². The first kappa shape index (κ1) is 44.9. The van der Waals surface area contributed by atoms with E-state index in [1.165, 1.54) is 0 Å². The molecule has 31 heavy (non-hydrogen) atoms. The molecule has 0 aliphatic heterocycles. The summed E-state index contributed by atoms with van der Waals surface area (Å²) in [5.41, 5.74) is -7.02. The zero-order valence-corrected chi connectivity index (χ0v) is 34.5. The van der Waals surface area contributed by atoms with Crippen LogP contribution in [0.15, 0.2) is 0 Å².